The zero-order valence-electron chi connectivity index (χ0n) is 7.44. The summed E-state index contributed by atoms with van der Waals surface area (Å²) in [4.78, 5) is 4.58. The molecular weight excluding hydrogens is 122 g/mol. The number of nitrogens with zero attached hydrogens (tertiary/aromatic N) is 1. The molecule has 0 spiro atoms. The van der Waals surface area contributed by atoms with Gasteiger partial charge in [0.05, 0.1) is 5.54 Å². The Bertz CT molecular complexity index is 156. The second-order valence-corrected chi connectivity index (χ2v) is 4.17. The minimum absolute atomic E-state index is 0.210. The van der Waals surface area contributed by atoms with Crippen LogP contribution in [0.3, 0.4) is 0 Å². The highest BCUT2D eigenvalue weighted by Crippen LogP contribution is 2.27. The molecule has 1 heterocycles. The van der Waals surface area contributed by atoms with E-state index in [1.54, 1.807) is 0 Å². The highest BCUT2D eigenvalue weighted by Gasteiger charge is 2.24. The van der Waals surface area contributed by atoms with Crippen LogP contribution in [0, 0.1) is 5.92 Å². The Labute approximate surface area is 63.5 Å². The van der Waals surface area contributed by atoms with Gasteiger partial charge in [-0.3, -0.25) is 4.99 Å². The predicted octanol–water partition coefficient (Wildman–Crippen LogP) is 2.66. The van der Waals surface area contributed by atoms with Crippen molar-refractivity contribution in [2.75, 3.05) is 0 Å². The monoisotopic (exact) mass is 139 g/mol. The lowest BCUT2D eigenvalue weighted by Crippen LogP contribution is -2.27. The molecule has 1 heteroatoms. The number of rotatable bonds is 0. The van der Waals surface area contributed by atoms with E-state index in [0.29, 0.717) is 0 Å². The molecule has 1 rings (SSSR count). The predicted molar refractivity (Wildman–Crippen MR) is 45.6 cm³/mol. The Morgan fingerprint density at radius 2 is 2.10 bits per heavy atom. The van der Waals surface area contributed by atoms with Crippen molar-refractivity contribution in [3.63, 3.8) is 0 Å². The maximum absolute atomic E-state index is 4.58. The van der Waals surface area contributed by atoms with Gasteiger partial charge >= 0.3 is 0 Å². The van der Waals surface area contributed by atoms with Crippen LogP contribution in [0.25, 0.3) is 0 Å². The van der Waals surface area contributed by atoms with Crippen LogP contribution in [0.15, 0.2) is 4.99 Å². The fourth-order valence-corrected chi connectivity index (χ4v) is 2.04. The van der Waals surface area contributed by atoms with Gasteiger partial charge in [0.15, 0.2) is 0 Å². The molecular formula is C9H17N. The molecule has 0 bridgehead atoms. The smallest absolute Gasteiger partial charge is 0.0554 e. The van der Waals surface area contributed by atoms with Gasteiger partial charge < -0.3 is 0 Å². The van der Waals surface area contributed by atoms with Crippen LogP contribution in [0.5, 0.6) is 0 Å². The second-order valence-electron chi connectivity index (χ2n) is 4.17. The Balaban J connectivity index is 2.74. The first kappa shape index (κ1) is 7.77. The van der Waals surface area contributed by atoms with Crippen LogP contribution in [0.4, 0.5) is 0 Å². The van der Waals surface area contributed by atoms with Crippen molar-refractivity contribution in [3.8, 4) is 0 Å². The van der Waals surface area contributed by atoms with Gasteiger partial charge in [0, 0.05) is 5.71 Å². The molecule has 1 aliphatic rings. The maximum Gasteiger partial charge on any atom is 0.0554 e. The number of hydrogen-bond acceptors (Lipinski definition) is 1. The van der Waals surface area contributed by atoms with Gasteiger partial charge in [0.25, 0.3) is 0 Å². The van der Waals surface area contributed by atoms with E-state index in [9.17, 15) is 0 Å². The lowest BCUT2D eigenvalue weighted by Gasteiger charge is -2.29. The molecule has 0 saturated carbocycles. The van der Waals surface area contributed by atoms with E-state index in [1.807, 2.05) is 0 Å². The molecule has 1 nitrogen and oxygen atoms in total. The Kier molecular flexibility index (Phi) is 1.84. The highest BCUT2D eigenvalue weighted by atomic mass is 14.9. The summed E-state index contributed by atoms with van der Waals surface area (Å²) in [5.74, 6) is 0.826. The van der Waals surface area contributed by atoms with Crippen LogP contribution in [-0.4, -0.2) is 11.3 Å². The quantitative estimate of drug-likeness (QED) is 0.489. The third-order valence-corrected chi connectivity index (χ3v) is 1.99. The average molecular weight is 139 g/mol. The molecule has 0 amide bonds. The summed E-state index contributed by atoms with van der Waals surface area (Å²) in [5.41, 5.74) is 1.53. The van der Waals surface area contributed by atoms with Crippen LogP contribution in [0.2, 0.25) is 0 Å². The van der Waals surface area contributed by atoms with Gasteiger partial charge in [-0.2, -0.15) is 0 Å². The fraction of sp³-hybridized carbons (Fsp3) is 0.889. The minimum Gasteiger partial charge on any atom is -0.288 e. The van der Waals surface area contributed by atoms with Crippen molar-refractivity contribution in [1.82, 2.24) is 0 Å². The molecule has 0 radical (unpaired) electrons. The van der Waals surface area contributed by atoms with Crippen molar-refractivity contribution in [2.24, 2.45) is 10.9 Å². The standard InChI is InChI=1S/C9H17N/c1-7-5-8(2)10-9(3,4)6-7/h7H,5-6H2,1-4H3. The van der Waals surface area contributed by atoms with Gasteiger partial charge in [0.1, 0.15) is 0 Å². The SMILES string of the molecule is CC1=NC(C)(C)CC(C)C1. The molecule has 0 N–H and O–H groups in total. The van der Waals surface area contributed by atoms with Crippen molar-refractivity contribution in [1.29, 1.82) is 0 Å². The van der Waals surface area contributed by atoms with Gasteiger partial charge in [-0.25, -0.2) is 0 Å². The molecule has 58 valence electrons. The summed E-state index contributed by atoms with van der Waals surface area (Å²) < 4.78 is 0. The molecule has 0 fully saturated rings. The summed E-state index contributed by atoms with van der Waals surface area (Å²) in [7, 11) is 0. The largest absolute Gasteiger partial charge is 0.288 e. The van der Waals surface area contributed by atoms with E-state index in [4.69, 9.17) is 0 Å². The van der Waals surface area contributed by atoms with Gasteiger partial charge in [-0.15, -0.1) is 0 Å². The second kappa shape index (κ2) is 2.37. The zero-order chi connectivity index (χ0) is 7.78. The molecule has 1 atom stereocenters. The Hall–Kier alpha value is -0.330. The Morgan fingerprint density at radius 3 is 2.50 bits per heavy atom. The van der Waals surface area contributed by atoms with E-state index < -0.39 is 0 Å². The van der Waals surface area contributed by atoms with Crippen molar-refractivity contribution < 1.29 is 0 Å². The molecule has 0 saturated heterocycles. The van der Waals surface area contributed by atoms with Crippen LogP contribution >= 0.6 is 0 Å². The van der Waals surface area contributed by atoms with Crippen LogP contribution < -0.4 is 0 Å². The van der Waals surface area contributed by atoms with Gasteiger partial charge in [-0.1, -0.05) is 6.92 Å². The lowest BCUT2D eigenvalue weighted by atomic mass is 9.86. The number of aliphatic imine (C=N–C) groups is 1. The van der Waals surface area contributed by atoms with Crippen molar-refractivity contribution in [2.45, 2.75) is 46.1 Å². The first-order valence-electron chi connectivity index (χ1n) is 4.05. The molecule has 1 unspecified atom stereocenters. The van der Waals surface area contributed by atoms with Gasteiger partial charge in [-0.05, 0) is 39.5 Å². The molecule has 1 aliphatic heterocycles. The van der Waals surface area contributed by atoms with Crippen LogP contribution in [0.1, 0.15) is 40.5 Å². The summed E-state index contributed by atoms with van der Waals surface area (Å²) in [6.45, 7) is 8.87. The summed E-state index contributed by atoms with van der Waals surface area (Å²) in [6, 6.07) is 0. The molecule has 10 heavy (non-hydrogen) atoms. The fourth-order valence-electron chi connectivity index (χ4n) is 2.04. The Morgan fingerprint density at radius 1 is 1.50 bits per heavy atom. The van der Waals surface area contributed by atoms with Gasteiger partial charge in [0.2, 0.25) is 0 Å². The van der Waals surface area contributed by atoms with E-state index in [-0.39, 0.29) is 5.54 Å². The normalized spacial score (nSPS) is 31.6. The highest BCUT2D eigenvalue weighted by molar-refractivity contribution is 5.83. The minimum atomic E-state index is 0.210. The average Bonchev–Trinajstić information content (AvgIpc) is 1.54. The van der Waals surface area contributed by atoms with E-state index in [2.05, 4.69) is 32.7 Å². The zero-order valence-corrected chi connectivity index (χ0v) is 7.44. The number of hydrogen-bond donors (Lipinski definition) is 0. The van der Waals surface area contributed by atoms with E-state index >= 15 is 0 Å². The maximum atomic E-state index is 4.58. The first-order chi connectivity index (χ1) is 4.49. The van der Waals surface area contributed by atoms with E-state index in [1.165, 1.54) is 18.6 Å². The molecule has 0 aromatic heterocycles. The topological polar surface area (TPSA) is 12.4 Å². The summed E-state index contributed by atoms with van der Waals surface area (Å²) in [5, 5.41) is 0. The molecule has 0 aromatic carbocycles. The molecule has 0 aliphatic carbocycles. The molecule has 0 aromatic rings. The lowest BCUT2D eigenvalue weighted by molar-refractivity contribution is 0.368. The third-order valence-electron chi connectivity index (χ3n) is 1.99. The first-order valence-corrected chi connectivity index (χ1v) is 4.05. The van der Waals surface area contributed by atoms with Crippen LogP contribution in [-0.2, 0) is 0 Å². The van der Waals surface area contributed by atoms with Crippen molar-refractivity contribution in [3.05, 3.63) is 0 Å². The third kappa shape index (κ3) is 1.83. The summed E-state index contributed by atoms with van der Waals surface area (Å²) >= 11 is 0. The summed E-state index contributed by atoms with van der Waals surface area (Å²) in [6.07, 6.45) is 2.44. The van der Waals surface area contributed by atoms with Crippen molar-refractivity contribution >= 4 is 5.71 Å². The van der Waals surface area contributed by atoms with E-state index in [0.717, 1.165) is 5.92 Å².